The maximum Gasteiger partial charge on any atom is 0.340 e. The van der Waals surface area contributed by atoms with Crippen LogP contribution in [0.2, 0.25) is 0 Å². The van der Waals surface area contributed by atoms with E-state index in [4.69, 9.17) is 9.47 Å². The third-order valence-electron chi connectivity index (χ3n) is 7.82. The number of anilines is 2. The summed E-state index contributed by atoms with van der Waals surface area (Å²) in [5, 5.41) is 7.68. The van der Waals surface area contributed by atoms with Gasteiger partial charge in [-0.05, 0) is 36.1 Å². The number of rotatable bonds is 3. The number of esters is 1. The first kappa shape index (κ1) is 22.3. The molecule has 2 heterocycles. The monoisotopic (exact) mass is 502 g/mol. The summed E-state index contributed by atoms with van der Waals surface area (Å²) in [4.78, 5) is 42.6. The Morgan fingerprint density at radius 3 is 2.45 bits per heavy atom. The van der Waals surface area contributed by atoms with Gasteiger partial charge in [0.15, 0.2) is 5.41 Å². The number of benzene rings is 4. The van der Waals surface area contributed by atoms with Crippen molar-refractivity contribution in [2.45, 2.75) is 17.9 Å². The van der Waals surface area contributed by atoms with Gasteiger partial charge < -0.3 is 20.1 Å². The van der Waals surface area contributed by atoms with Gasteiger partial charge in [0.05, 0.1) is 7.11 Å². The average molecular weight is 503 g/mol. The van der Waals surface area contributed by atoms with Crippen molar-refractivity contribution in [1.29, 1.82) is 0 Å². The molecule has 186 valence electrons. The minimum atomic E-state index is -1.87. The lowest BCUT2D eigenvalue weighted by atomic mass is 9.61. The smallest absolute Gasteiger partial charge is 0.340 e. The number of fused-ring (bicyclic) bond motifs is 4. The number of carbonyl (C=O) groups is 3. The number of Topliss-reactive ketones (excluding diaryl/α,β-unsaturated/α-hetero) is 1. The minimum Gasteiger partial charge on any atom is -0.465 e. The molecule has 4 aromatic rings. The van der Waals surface area contributed by atoms with E-state index in [9.17, 15) is 14.4 Å². The van der Waals surface area contributed by atoms with Crippen LogP contribution in [0.3, 0.4) is 0 Å². The maximum absolute atomic E-state index is 14.6. The van der Waals surface area contributed by atoms with Crippen molar-refractivity contribution < 1.29 is 23.9 Å². The Morgan fingerprint density at radius 2 is 1.66 bits per heavy atom. The van der Waals surface area contributed by atoms with Crippen LogP contribution in [0.4, 0.5) is 11.4 Å². The van der Waals surface area contributed by atoms with Gasteiger partial charge in [-0.3, -0.25) is 9.59 Å². The number of nitrogens with one attached hydrogen (secondary N) is 2. The highest BCUT2D eigenvalue weighted by Crippen LogP contribution is 2.65. The lowest BCUT2D eigenvalue weighted by molar-refractivity contribution is -0.139. The van der Waals surface area contributed by atoms with Gasteiger partial charge in [-0.1, -0.05) is 66.7 Å². The van der Waals surface area contributed by atoms with Gasteiger partial charge in [0.1, 0.15) is 5.57 Å². The second-order valence-electron chi connectivity index (χ2n) is 9.76. The number of amides is 1. The van der Waals surface area contributed by atoms with Crippen molar-refractivity contribution in [1.82, 2.24) is 0 Å². The third-order valence-corrected chi connectivity index (χ3v) is 7.82. The van der Waals surface area contributed by atoms with Crippen LogP contribution in [0.15, 0.2) is 96.4 Å². The largest absolute Gasteiger partial charge is 0.465 e. The molecule has 2 atom stereocenters. The zero-order valence-electron chi connectivity index (χ0n) is 20.6. The van der Waals surface area contributed by atoms with Gasteiger partial charge in [-0.15, -0.1) is 0 Å². The van der Waals surface area contributed by atoms with Crippen LogP contribution in [0.1, 0.15) is 27.0 Å². The van der Waals surface area contributed by atoms with E-state index in [2.05, 4.69) is 10.6 Å². The van der Waals surface area contributed by atoms with Crippen molar-refractivity contribution in [3.05, 3.63) is 119 Å². The Kier molecular flexibility index (Phi) is 4.43. The molecule has 0 bridgehead atoms. The summed E-state index contributed by atoms with van der Waals surface area (Å²) < 4.78 is 12.0. The van der Waals surface area contributed by atoms with Crippen molar-refractivity contribution in [2.24, 2.45) is 0 Å². The summed E-state index contributed by atoms with van der Waals surface area (Å²) in [6, 6.07) is 25.6. The van der Waals surface area contributed by atoms with Crippen LogP contribution in [0.5, 0.6) is 0 Å². The molecule has 2 spiro atoms. The molecule has 7 nitrogen and oxygen atoms in total. The van der Waals surface area contributed by atoms with Crippen LogP contribution >= 0.6 is 0 Å². The van der Waals surface area contributed by atoms with E-state index in [1.165, 1.54) is 7.11 Å². The first-order valence-electron chi connectivity index (χ1n) is 12.3. The van der Waals surface area contributed by atoms with E-state index >= 15 is 0 Å². The molecule has 2 N–H and O–H groups in total. The lowest BCUT2D eigenvalue weighted by Crippen LogP contribution is -2.56. The Balaban J connectivity index is 1.60. The number of carbonyl (C=O) groups excluding carboxylic acids is 3. The molecule has 3 aliphatic rings. The molecule has 7 rings (SSSR count). The number of para-hydroxylation sites is 1. The highest BCUT2D eigenvalue weighted by atomic mass is 16.5. The topological polar surface area (TPSA) is 93.7 Å². The van der Waals surface area contributed by atoms with Gasteiger partial charge >= 0.3 is 5.97 Å². The molecule has 38 heavy (non-hydrogen) atoms. The Morgan fingerprint density at radius 1 is 0.921 bits per heavy atom. The van der Waals surface area contributed by atoms with E-state index in [1.54, 1.807) is 36.4 Å². The molecule has 0 saturated carbocycles. The van der Waals surface area contributed by atoms with Gasteiger partial charge in [0.25, 0.3) is 0 Å². The molecule has 1 aliphatic carbocycles. The summed E-state index contributed by atoms with van der Waals surface area (Å²) in [7, 11) is 1.25. The molecule has 7 heteroatoms. The van der Waals surface area contributed by atoms with E-state index in [0.717, 1.165) is 10.9 Å². The molecule has 1 amide bonds. The minimum absolute atomic E-state index is 0.00691. The van der Waals surface area contributed by atoms with Crippen molar-refractivity contribution in [3.8, 4) is 0 Å². The highest BCUT2D eigenvalue weighted by Gasteiger charge is 2.77. The standard InChI is InChI=1S/C31H22N2O5/c1-17-8-5-11-19(16-17)32-27-25(28(35)37-2)30(21-13-3-4-15-23(21)33-29(30)36)31(38-27)22-14-7-10-18-9-6-12-20(24(18)22)26(31)34/h3-16,32H,1-2H3,(H,33,36). The molecule has 4 aromatic carbocycles. The molecule has 0 aromatic heterocycles. The Hall–Kier alpha value is -4.91. The first-order valence-corrected chi connectivity index (χ1v) is 12.3. The molecule has 2 unspecified atom stereocenters. The van der Waals surface area contributed by atoms with Gasteiger partial charge in [0, 0.05) is 33.5 Å². The second-order valence-corrected chi connectivity index (χ2v) is 9.76. The molecular weight excluding hydrogens is 480 g/mol. The molecular formula is C31H22N2O5. The maximum atomic E-state index is 14.6. The van der Waals surface area contributed by atoms with E-state index in [0.29, 0.717) is 33.5 Å². The normalized spacial score (nSPS) is 22.7. The average Bonchev–Trinajstić information content (AvgIpc) is 3.48. The fourth-order valence-corrected chi connectivity index (χ4v) is 6.38. The van der Waals surface area contributed by atoms with Crippen LogP contribution in [0, 0.1) is 6.92 Å². The Labute approximate surface area is 218 Å². The number of ketones is 1. The van der Waals surface area contributed by atoms with E-state index < -0.39 is 28.7 Å². The fraction of sp³-hybridized carbons (Fsp3) is 0.129. The molecule has 0 saturated heterocycles. The second kappa shape index (κ2) is 7.55. The summed E-state index contributed by atoms with van der Waals surface area (Å²) in [6.45, 7) is 1.94. The summed E-state index contributed by atoms with van der Waals surface area (Å²) >= 11 is 0. The summed E-state index contributed by atoms with van der Waals surface area (Å²) in [6.07, 6.45) is 0. The molecule has 2 aliphatic heterocycles. The lowest BCUT2D eigenvalue weighted by Gasteiger charge is -2.38. The number of hydrogen-bond donors (Lipinski definition) is 2. The van der Waals surface area contributed by atoms with E-state index in [-0.39, 0.29) is 11.5 Å². The van der Waals surface area contributed by atoms with Crippen molar-refractivity contribution >= 4 is 39.8 Å². The van der Waals surface area contributed by atoms with Crippen LogP contribution < -0.4 is 10.6 Å². The number of aryl methyl sites for hydroxylation is 1. The van der Waals surface area contributed by atoms with Crippen LogP contribution in [-0.4, -0.2) is 24.8 Å². The Bertz CT molecular complexity index is 1770. The van der Waals surface area contributed by atoms with Crippen molar-refractivity contribution in [3.63, 3.8) is 0 Å². The fourth-order valence-electron chi connectivity index (χ4n) is 6.38. The van der Waals surface area contributed by atoms with Gasteiger partial charge in [-0.2, -0.15) is 0 Å². The van der Waals surface area contributed by atoms with Gasteiger partial charge in [0.2, 0.25) is 23.2 Å². The SMILES string of the molecule is COC(=O)C1=C(Nc2cccc(C)c2)OC2(C(=O)c3cccc4cccc2c34)C12C(=O)Nc1ccccc12. The van der Waals surface area contributed by atoms with E-state index in [1.807, 2.05) is 55.5 Å². The molecule has 0 fully saturated rings. The summed E-state index contributed by atoms with van der Waals surface area (Å²) in [5.74, 6) is -1.68. The summed E-state index contributed by atoms with van der Waals surface area (Å²) in [5.41, 5.74) is -0.186. The zero-order valence-corrected chi connectivity index (χ0v) is 20.6. The number of hydrogen-bond acceptors (Lipinski definition) is 6. The zero-order chi connectivity index (χ0) is 26.2. The predicted molar refractivity (Wildman–Crippen MR) is 142 cm³/mol. The van der Waals surface area contributed by atoms with Crippen LogP contribution in [0.25, 0.3) is 10.8 Å². The van der Waals surface area contributed by atoms with Crippen molar-refractivity contribution in [2.75, 3.05) is 17.7 Å². The number of methoxy groups -OCH3 is 1. The third kappa shape index (κ3) is 2.50. The highest BCUT2D eigenvalue weighted by molar-refractivity contribution is 6.27. The predicted octanol–water partition coefficient (Wildman–Crippen LogP) is 4.96. The van der Waals surface area contributed by atoms with Gasteiger partial charge in [-0.25, -0.2) is 4.79 Å². The first-order chi connectivity index (χ1) is 18.4. The number of ether oxygens (including phenoxy) is 2. The van der Waals surface area contributed by atoms with Crippen LogP contribution in [-0.2, 0) is 30.1 Å². The quantitative estimate of drug-likeness (QED) is 0.385. The molecule has 0 radical (unpaired) electrons.